The van der Waals surface area contributed by atoms with Crippen molar-refractivity contribution in [2.45, 2.75) is 71.1 Å². The van der Waals surface area contributed by atoms with Gasteiger partial charge in [0, 0.05) is 0 Å². The lowest BCUT2D eigenvalue weighted by Gasteiger charge is -2.27. The molecule has 9 N–H and O–H groups in total. The molecule has 4 amide bonds. The molecule has 0 aliphatic rings. The van der Waals surface area contributed by atoms with E-state index in [-0.39, 0.29) is 24.5 Å². The summed E-state index contributed by atoms with van der Waals surface area (Å²) in [5, 5.41) is 26.1. The molecule has 1 aromatic carbocycles. The maximum Gasteiger partial charge on any atom is 0.326 e. The van der Waals surface area contributed by atoms with E-state index >= 15 is 0 Å². The highest BCUT2D eigenvalue weighted by molar-refractivity contribution is 5.95. The van der Waals surface area contributed by atoms with Gasteiger partial charge in [-0.2, -0.15) is 0 Å². The first-order valence-corrected chi connectivity index (χ1v) is 11.7. The molecule has 0 bridgehead atoms. The van der Waals surface area contributed by atoms with Crippen molar-refractivity contribution in [2.75, 3.05) is 0 Å². The molecular weight excluding hydrogens is 470 g/mol. The summed E-state index contributed by atoms with van der Waals surface area (Å²) in [6.45, 7) is 7.02. The van der Waals surface area contributed by atoms with Crippen LogP contribution in [-0.2, 0) is 30.4 Å². The minimum atomic E-state index is -1.54. The number of carbonyl (C=O) groups is 5. The van der Waals surface area contributed by atoms with Gasteiger partial charge in [0.15, 0.2) is 0 Å². The molecule has 0 spiro atoms. The van der Waals surface area contributed by atoms with Crippen LogP contribution >= 0.6 is 0 Å². The molecule has 0 fully saturated rings. The average molecular weight is 508 g/mol. The Morgan fingerprint density at radius 1 is 0.861 bits per heavy atom. The second-order valence-electron chi connectivity index (χ2n) is 9.47. The number of amides is 4. The topological polar surface area (TPSA) is 214 Å². The van der Waals surface area contributed by atoms with E-state index in [2.05, 4.69) is 16.0 Å². The number of aromatic hydroxyl groups is 1. The molecule has 1 rings (SSSR count). The van der Waals surface area contributed by atoms with E-state index in [4.69, 9.17) is 11.5 Å². The Hall–Kier alpha value is -3.67. The fourth-order valence-corrected chi connectivity index (χ4v) is 3.41. The summed E-state index contributed by atoms with van der Waals surface area (Å²) < 4.78 is 0. The molecule has 0 aliphatic heterocycles. The van der Waals surface area contributed by atoms with Gasteiger partial charge in [-0.05, 0) is 42.4 Å². The van der Waals surface area contributed by atoms with E-state index in [1.807, 2.05) is 13.8 Å². The average Bonchev–Trinajstić information content (AvgIpc) is 2.76. The molecule has 0 aliphatic carbocycles. The van der Waals surface area contributed by atoms with Gasteiger partial charge in [-0.15, -0.1) is 0 Å². The Morgan fingerprint density at radius 2 is 1.42 bits per heavy atom. The minimum absolute atomic E-state index is 0.00709. The summed E-state index contributed by atoms with van der Waals surface area (Å²) in [5.41, 5.74) is 11.8. The van der Waals surface area contributed by atoms with Gasteiger partial charge in [0.25, 0.3) is 0 Å². The van der Waals surface area contributed by atoms with Crippen LogP contribution in [0.3, 0.4) is 0 Å². The number of phenols is 1. The summed E-state index contributed by atoms with van der Waals surface area (Å²) in [5.74, 6) is -4.70. The normalized spacial score (nSPS) is 14.4. The number of hydrogen-bond acceptors (Lipinski definition) is 7. The fourth-order valence-electron chi connectivity index (χ4n) is 3.41. The highest BCUT2D eigenvalue weighted by Crippen LogP contribution is 2.12. The van der Waals surface area contributed by atoms with Gasteiger partial charge in [0.1, 0.15) is 23.9 Å². The number of primary amides is 1. The summed E-state index contributed by atoms with van der Waals surface area (Å²) in [6.07, 6.45) is -0.171. The highest BCUT2D eigenvalue weighted by atomic mass is 16.4. The van der Waals surface area contributed by atoms with Crippen molar-refractivity contribution in [3.8, 4) is 5.75 Å². The lowest BCUT2D eigenvalue weighted by molar-refractivity contribution is -0.144. The maximum absolute atomic E-state index is 13.1. The first-order chi connectivity index (χ1) is 16.7. The second-order valence-corrected chi connectivity index (χ2v) is 9.47. The van der Waals surface area contributed by atoms with E-state index < -0.39 is 66.1 Å². The third-order valence-electron chi connectivity index (χ3n) is 5.34. The molecule has 0 radical (unpaired) electrons. The minimum Gasteiger partial charge on any atom is -0.508 e. The van der Waals surface area contributed by atoms with Crippen molar-refractivity contribution in [3.05, 3.63) is 29.8 Å². The Bertz CT molecular complexity index is 933. The molecule has 0 saturated heterocycles. The zero-order valence-electron chi connectivity index (χ0n) is 21.0. The van der Waals surface area contributed by atoms with Crippen molar-refractivity contribution in [1.82, 2.24) is 16.0 Å². The summed E-state index contributed by atoms with van der Waals surface area (Å²) in [6, 6.07) is 1.57. The predicted octanol–water partition coefficient (Wildman–Crippen LogP) is -0.621. The van der Waals surface area contributed by atoms with E-state index in [1.54, 1.807) is 26.0 Å². The number of carbonyl (C=O) groups excluding carboxylic acids is 4. The van der Waals surface area contributed by atoms with E-state index in [0.717, 1.165) is 5.56 Å². The molecule has 1 aromatic rings. The number of hydrogen-bond donors (Lipinski definition) is 7. The van der Waals surface area contributed by atoms with Crippen molar-refractivity contribution in [3.63, 3.8) is 0 Å². The highest BCUT2D eigenvalue weighted by Gasteiger charge is 2.32. The van der Waals surface area contributed by atoms with Gasteiger partial charge >= 0.3 is 5.97 Å². The fraction of sp³-hybridized carbons (Fsp3) is 0.542. The first kappa shape index (κ1) is 30.4. The van der Waals surface area contributed by atoms with Crippen LogP contribution in [0.4, 0.5) is 0 Å². The number of aliphatic carboxylic acids is 1. The summed E-state index contributed by atoms with van der Waals surface area (Å²) in [4.78, 5) is 61.1. The molecule has 36 heavy (non-hydrogen) atoms. The number of carboxylic acids is 1. The van der Waals surface area contributed by atoms with Crippen molar-refractivity contribution < 1.29 is 34.2 Å². The van der Waals surface area contributed by atoms with E-state index in [1.165, 1.54) is 12.1 Å². The molecular formula is C24H37N5O7. The molecule has 4 unspecified atom stereocenters. The van der Waals surface area contributed by atoms with E-state index in [0.29, 0.717) is 0 Å². The molecule has 12 nitrogen and oxygen atoms in total. The van der Waals surface area contributed by atoms with Crippen LogP contribution in [0.25, 0.3) is 0 Å². The standard InChI is InChI=1S/C24H37N5O7/c1-12(2)9-17(27-21(32)16(25)10-14-5-7-15(30)8-6-14)22(33)29-20(13(3)4)23(34)28-18(24(35)36)11-19(26)31/h5-8,12-13,16-18,20,30H,9-11,25H2,1-4H3,(H2,26,31)(H,27,32)(H,28,34)(H,29,33)(H,35,36). The van der Waals surface area contributed by atoms with Crippen LogP contribution in [0.2, 0.25) is 0 Å². The van der Waals surface area contributed by atoms with Crippen molar-refractivity contribution >= 4 is 29.6 Å². The van der Waals surface area contributed by atoms with Crippen LogP contribution in [0.1, 0.15) is 46.1 Å². The molecule has 200 valence electrons. The molecule has 12 heteroatoms. The van der Waals surface area contributed by atoms with Crippen LogP contribution in [0, 0.1) is 11.8 Å². The summed E-state index contributed by atoms with van der Waals surface area (Å²) >= 11 is 0. The summed E-state index contributed by atoms with van der Waals surface area (Å²) in [7, 11) is 0. The number of rotatable bonds is 14. The van der Waals surface area contributed by atoms with Crippen LogP contribution in [0.5, 0.6) is 5.75 Å². The predicted molar refractivity (Wildman–Crippen MR) is 131 cm³/mol. The third kappa shape index (κ3) is 10.3. The van der Waals surface area contributed by atoms with Crippen molar-refractivity contribution in [2.24, 2.45) is 23.3 Å². The molecule has 0 aromatic heterocycles. The maximum atomic E-state index is 13.1. The Morgan fingerprint density at radius 3 is 1.89 bits per heavy atom. The van der Waals surface area contributed by atoms with Gasteiger partial charge in [-0.1, -0.05) is 39.8 Å². The largest absolute Gasteiger partial charge is 0.508 e. The van der Waals surface area contributed by atoms with Gasteiger partial charge in [-0.25, -0.2) is 4.79 Å². The van der Waals surface area contributed by atoms with Gasteiger partial charge < -0.3 is 37.6 Å². The molecule has 0 heterocycles. The van der Waals surface area contributed by atoms with Gasteiger partial charge in [0.05, 0.1) is 12.5 Å². The quantitative estimate of drug-likeness (QED) is 0.172. The van der Waals surface area contributed by atoms with Crippen molar-refractivity contribution in [1.29, 1.82) is 0 Å². The van der Waals surface area contributed by atoms with Crippen LogP contribution in [-0.4, -0.2) is 64.0 Å². The number of nitrogens with two attached hydrogens (primary N) is 2. The lowest BCUT2D eigenvalue weighted by atomic mass is 9.99. The van der Waals surface area contributed by atoms with Crippen LogP contribution < -0.4 is 27.4 Å². The Balaban J connectivity index is 2.94. The molecule has 4 atom stereocenters. The first-order valence-electron chi connectivity index (χ1n) is 11.7. The molecule has 0 saturated carbocycles. The smallest absolute Gasteiger partial charge is 0.326 e. The zero-order chi connectivity index (χ0) is 27.6. The number of carboxylic acid groups (broad SMARTS) is 1. The Kier molecular flexibility index (Phi) is 11.8. The third-order valence-corrected chi connectivity index (χ3v) is 5.34. The Labute approximate surface area is 210 Å². The zero-order valence-corrected chi connectivity index (χ0v) is 21.0. The second kappa shape index (κ2) is 14.0. The SMILES string of the molecule is CC(C)CC(NC(=O)C(N)Cc1ccc(O)cc1)C(=O)NC(C(=O)NC(CC(N)=O)C(=O)O)C(C)C. The van der Waals surface area contributed by atoms with Gasteiger partial charge in [-0.3, -0.25) is 19.2 Å². The lowest BCUT2D eigenvalue weighted by Crippen LogP contribution is -2.59. The number of nitrogens with one attached hydrogen (secondary N) is 3. The van der Waals surface area contributed by atoms with Gasteiger partial charge in [0.2, 0.25) is 23.6 Å². The monoisotopic (exact) mass is 507 g/mol. The van der Waals surface area contributed by atoms with E-state index in [9.17, 15) is 34.2 Å². The number of phenolic OH excluding ortho intramolecular Hbond substituents is 1. The van der Waals surface area contributed by atoms with Crippen LogP contribution in [0.15, 0.2) is 24.3 Å². The number of benzene rings is 1.